The predicted octanol–water partition coefficient (Wildman–Crippen LogP) is 0.653. The lowest BCUT2D eigenvalue weighted by molar-refractivity contribution is -0.101. The fourth-order valence-electron chi connectivity index (χ4n) is 4.50. The lowest BCUT2D eigenvalue weighted by atomic mass is 9.60. The molecule has 0 atom stereocenters. The number of nitrogens with one attached hydrogen (secondary N) is 1. The van der Waals surface area contributed by atoms with E-state index in [1.54, 1.807) is 11.7 Å². The molecule has 6 heteroatoms. The van der Waals surface area contributed by atoms with Gasteiger partial charge in [-0.25, -0.2) is 5.48 Å². The molecule has 6 nitrogen and oxygen atoms in total. The normalized spacial score (nSPS) is 24.5. The van der Waals surface area contributed by atoms with E-state index in [4.69, 9.17) is 5.21 Å². The van der Waals surface area contributed by atoms with E-state index < -0.39 is 5.91 Å². The van der Waals surface area contributed by atoms with Crippen LogP contribution in [0, 0.1) is 5.41 Å². The molecule has 3 heterocycles. The van der Waals surface area contributed by atoms with E-state index in [1.165, 1.54) is 25.9 Å². The zero-order chi connectivity index (χ0) is 15.3. The lowest BCUT2D eigenvalue weighted by Crippen LogP contribution is -2.65. The number of hydrogen-bond acceptors (Lipinski definition) is 5. The van der Waals surface area contributed by atoms with Crippen molar-refractivity contribution < 1.29 is 10.0 Å². The highest BCUT2D eigenvalue weighted by Gasteiger charge is 2.52. The summed E-state index contributed by atoms with van der Waals surface area (Å²) in [4.78, 5) is 20.8. The lowest BCUT2D eigenvalue weighted by Gasteiger charge is -2.60. The number of amides is 1. The van der Waals surface area contributed by atoms with Crippen LogP contribution in [-0.2, 0) is 13.0 Å². The topological polar surface area (TPSA) is 68.7 Å². The first-order chi connectivity index (χ1) is 10.6. The molecule has 2 fully saturated rings. The minimum absolute atomic E-state index is 0.425. The molecule has 3 aliphatic rings. The molecule has 0 bridgehead atoms. The van der Waals surface area contributed by atoms with Gasteiger partial charge in [0.2, 0.25) is 0 Å². The largest absolute Gasteiger partial charge is 0.305 e. The summed E-state index contributed by atoms with van der Waals surface area (Å²) >= 11 is 0. The second kappa shape index (κ2) is 5.01. The first kappa shape index (κ1) is 14.1. The Morgan fingerprint density at radius 1 is 1.45 bits per heavy atom. The number of nitrogens with zero attached hydrogens (tertiary/aromatic N) is 3. The monoisotopic (exact) mass is 302 g/mol. The maximum atomic E-state index is 11.5. The Bertz CT molecular complexity index is 604. The summed E-state index contributed by atoms with van der Waals surface area (Å²) in [6.07, 6.45) is 5.09. The standard InChI is InChI=1S/C16H22N4O2/c1-19-9-16(10-19)5-13(6-16)20-3-2-14-12(8-20)4-11(7-17-14)15(21)18-22/h4,7,13,22H,2-3,5-6,8-10H2,1H3,(H,18,21). The van der Waals surface area contributed by atoms with E-state index in [-0.39, 0.29) is 0 Å². The van der Waals surface area contributed by atoms with E-state index in [0.717, 1.165) is 30.8 Å². The summed E-state index contributed by atoms with van der Waals surface area (Å²) in [5.74, 6) is -0.493. The average molecular weight is 302 g/mol. The summed E-state index contributed by atoms with van der Waals surface area (Å²) < 4.78 is 0. The average Bonchev–Trinajstić information content (AvgIpc) is 2.47. The molecule has 0 unspecified atom stereocenters. The number of fused-ring (bicyclic) bond motifs is 1. The molecule has 1 aromatic heterocycles. The van der Waals surface area contributed by atoms with Gasteiger partial charge in [-0.2, -0.15) is 0 Å². The van der Waals surface area contributed by atoms with Gasteiger partial charge in [-0.15, -0.1) is 0 Å². The molecular weight excluding hydrogens is 280 g/mol. The Morgan fingerprint density at radius 3 is 2.91 bits per heavy atom. The number of aromatic nitrogens is 1. The SMILES string of the molecule is CN1CC2(CC(N3CCc4ncc(C(=O)NO)cc4C3)C2)C1. The van der Waals surface area contributed by atoms with Crippen LogP contribution in [0.5, 0.6) is 0 Å². The van der Waals surface area contributed by atoms with Gasteiger partial charge >= 0.3 is 0 Å². The van der Waals surface area contributed by atoms with Crippen molar-refractivity contribution >= 4 is 5.91 Å². The Labute approximate surface area is 130 Å². The van der Waals surface area contributed by atoms with Crippen molar-refractivity contribution in [3.63, 3.8) is 0 Å². The first-order valence-electron chi connectivity index (χ1n) is 7.93. The van der Waals surface area contributed by atoms with Gasteiger partial charge in [-0.1, -0.05) is 0 Å². The molecule has 118 valence electrons. The van der Waals surface area contributed by atoms with Crippen molar-refractivity contribution in [2.24, 2.45) is 5.41 Å². The maximum Gasteiger partial charge on any atom is 0.276 e. The Kier molecular flexibility index (Phi) is 3.21. The van der Waals surface area contributed by atoms with Gasteiger partial charge in [-0.3, -0.25) is 19.9 Å². The van der Waals surface area contributed by atoms with Crippen LogP contribution in [0.2, 0.25) is 0 Å². The second-order valence-electron chi connectivity index (χ2n) is 7.23. The van der Waals surface area contributed by atoms with Gasteiger partial charge in [0.1, 0.15) is 0 Å². The molecule has 1 saturated heterocycles. The minimum atomic E-state index is -0.493. The van der Waals surface area contributed by atoms with Gasteiger partial charge < -0.3 is 4.90 Å². The van der Waals surface area contributed by atoms with Crippen LogP contribution in [-0.4, -0.2) is 58.6 Å². The highest BCUT2D eigenvalue weighted by Crippen LogP contribution is 2.50. The van der Waals surface area contributed by atoms with Crippen LogP contribution in [0.15, 0.2) is 12.3 Å². The fraction of sp³-hybridized carbons (Fsp3) is 0.625. The Hall–Kier alpha value is -1.50. The summed E-state index contributed by atoms with van der Waals surface area (Å²) in [5.41, 5.74) is 4.91. The molecule has 4 rings (SSSR count). The third kappa shape index (κ3) is 2.22. The molecule has 0 radical (unpaired) electrons. The number of pyridine rings is 1. The van der Waals surface area contributed by atoms with Crippen LogP contribution in [0.3, 0.4) is 0 Å². The number of likely N-dealkylation sites (tertiary alicyclic amines) is 1. The molecular formula is C16H22N4O2. The van der Waals surface area contributed by atoms with Crippen molar-refractivity contribution in [1.29, 1.82) is 0 Å². The minimum Gasteiger partial charge on any atom is -0.305 e. The molecule has 1 aromatic rings. The van der Waals surface area contributed by atoms with E-state index in [9.17, 15) is 4.79 Å². The van der Waals surface area contributed by atoms with Crippen LogP contribution < -0.4 is 5.48 Å². The number of hydroxylamine groups is 1. The second-order valence-corrected chi connectivity index (χ2v) is 7.23. The van der Waals surface area contributed by atoms with E-state index in [1.807, 2.05) is 6.07 Å². The molecule has 2 aliphatic heterocycles. The van der Waals surface area contributed by atoms with E-state index in [0.29, 0.717) is 17.0 Å². The molecule has 0 aromatic carbocycles. The summed E-state index contributed by atoms with van der Waals surface area (Å²) in [5, 5.41) is 8.75. The van der Waals surface area contributed by atoms with Crippen molar-refractivity contribution in [3.8, 4) is 0 Å². The first-order valence-corrected chi connectivity index (χ1v) is 7.93. The number of hydrogen-bond donors (Lipinski definition) is 2. The predicted molar refractivity (Wildman–Crippen MR) is 80.6 cm³/mol. The quantitative estimate of drug-likeness (QED) is 0.620. The highest BCUT2D eigenvalue weighted by molar-refractivity contribution is 5.93. The van der Waals surface area contributed by atoms with Gasteiger partial charge in [-0.05, 0) is 36.9 Å². The molecule has 1 amide bonds. The molecule has 1 saturated carbocycles. The van der Waals surface area contributed by atoms with Crippen LogP contribution in [0.4, 0.5) is 0 Å². The number of rotatable bonds is 2. The van der Waals surface area contributed by atoms with Gasteiger partial charge in [0, 0.05) is 50.5 Å². The maximum absolute atomic E-state index is 11.5. The molecule has 1 spiro atoms. The third-order valence-electron chi connectivity index (χ3n) is 5.50. The van der Waals surface area contributed by atoms with Gasteiger partial charge in [0.15, 0.2) is 0 Å². The summed E-state index contributed by atoms with van der Waals surface area (Å²) in [7, 11) is 2.19. The number of carbonyl (C=O) groups is 1. The van der Waals surface area contributed by atoms with Crippen molar-refractivity contribution in [2.45, 2.75) is 31.8 Å². The number of carbonyl (C=O) groups excluding carboxylic acids is 1. The fourth-order valence-corrected chi connectivity index (χ4v) is 4.50. The zero-order valence-corrected chi connectivity index (χ0v) is 12.9. The molecule has 22 heavy (non-hydrogen) atoms. The van der Waals surface area contributed by atoms with Crippen molar-refractivity contribution in [3.05, 3.63) is 29.1 Å². The Balaban J connectivity index is 1.44. The van der Waals surface area contributed by atoms with Crippen molar-refractivity contribution in [2.75, 3.05) is 26.7 Å². The molecule has 1 aliphatic carbocycles. The zero-order valence-electron chi connectivity index (χ0n) is 12.9. The van der Waals surface area contributed by atoms with E-state index >= 15 is 0 Å². The van der Waals surface area contributed by atoms with E-state index in [2.05, 4.69) is 21.8 Å². The smallest absolute Gasteiger partial charge is 0.276 e. The van der Waals surface area contributed by atoms with Gasteiger partial charge in [0.25, 0.3) is 5.91 Å². The van der Waals surface area contributed by atoms with Crippen LogP contribution >= 0.6 is 0 Å². The summed E-state index contributed by atoms with van der Waals surface area (Å²) in [6.45, 7) is 4.42. The Morgan fingerprint density at radius 2 is 2.23 bits per heavy atom. The van der Waals surface area contributed by atoms with Crippen LogP contribution in [0.1, 0.15) is 34.5 Å². The summed E-state index contributed by atoms with van der Waals surface area (Å²) in [6, 6.07) is 2.54. The molecule has 2 N–H and O–H groups in total. The highest BCUT2D eigenvalue weighted by atomic mass is 16.5. The van der Waals surface area contributed by atoms with Crippen molar-refractivity contribution in [1.82, 2.24) is 20.3 Å². The van der Waals surface area contributed by atoms with Crippen LogP contribution in [0.25, 0.3) is 0 Å². The van der Waals surface area contributed by atoms with Gasteiger partial charge in [0.05, 0.1) is 5.56 Å². The third-order valence-corrected chi connectivity index (χ3v) is 5.50.